The summed E-state index contributed by atoms with van der Waals surface area (Å²) in [6.07, 6.45) is 5.45. The zero-order valence-corrected chi connectivity index (χ0v) is 11.4. The van der Waals surface area contributed by atoms with Crippen LogP contribution in [0.25, 0.3) is 0 Å². The molecule has 0 atom stereocenters. The normalized spacial score (nSPS) is 14.4. The molecule has 0 aliphatic heterocycles. The van der Waals surface area contributed by atoms with E-state index in [1.807, 2.05) is 19.9 Å². The molecule has 0 amide bonds. The SMILES string of the molecule is CC(C)C(=O)CCOc1ccc2c(c1)CCCC2. The molecule has 1 aliphatic rings. The maximum absolute atomic E-state index is 11.5. The molecule has 2 nitrogen and oxygen atoms in total. The first-order valence-corrected chi connectivity index (χ1v) is 6.94. The Morgan fingerprint density at radius 2 is 1.94 bits per heavy atom. The second-order valence-corrected chi connectivity index (χ2v) is 5.36. The molecule has 98 valence electrons. The van der Waals surface area contributed by atoms with Gasteiger partial charge in [-0.05, 0) is 48.9 Å². The highest BCUT2D eigenvalue weighted by Crippen LogP contribution is 2.25. The number of hydrogen-bond donors (Lipinski definition) is 0. The fraction of sp³-hybridized carbons (Fsp3) is 0.562. The van der Waals surface area contributed by atoms with Crippen LogP contribution in [0.1, 0.15) is 44.2 Å². The van der Waals surface area contributed by atoms with Crippen molar-refractivity contribution >= 4 is 5.78 Å². The number of ether oxygens (including phenoxy) is 1. The van der Waals surface area contributed by atoms with Crippen LogP contribution in [0.4, 0.5) is 0 Å². The Balaban J connectivity index is 1.88. The molecular weight excluding hydrogens is 224 g/mol. The minimum atomic E-state index is 0.108. The summed E-state index contributed by atoms with van der Waals surface area (Å²) in [6.45, 7) is 4.36. The number of hydrogen-bond acceptors (Lipinski definition) is 2. The van der Waals surface area contributed by atoms with Gasteiger partial charge in [-0.1, -0.05) is 19.9 Å². The number of benzene rings is 1. The van der Waals surface area contributed by atoms with E-state index in [-0.39, 0.29) is 11.7 Å². The summed E-state index contributed by atoms with van der Waals surface area (Å²) in [5, 5.41) is 0. The van der Waals surface area contributed by atoms with Crippen LogP contribution in [0, 0.1) is 5.92 Å². The maximum Gasteiger partial charge on any atom is 0.138 e. The van der Waals surface area contributed by atoms with Crippen molar-refractivity contribution in [3.05, 3.63) is 29.3 Å². The summed E-state index contributed by atoms with van der Waals surface area (Å²) in [4.78, 5) is 11.5. The molecule has 1 aromatic carbocycles. The first-order valence-electron chi connectivity index (χ1n) is 6.94. The zero-order valence-electron chi connectivity index (χ0n) is 11.4. The van der Waals surface area contributed by atoms with Crippen molar-refractivity contribution in [1.29, 1.82) is 0 Å². The molecular formula is C16H22O2. The van der Waals surface area contributed by atoms with Crippen molar-refractivity contribution in [3.8, 4) is 5.75 Å². The van der Waals surface area contributed by atoms with E-state index in [2.05, 4.69) is 12.1 Å². The van der Waals surface area contributed by atoms with E-state index in [1.54, 1.807) is 0 Å². The van der Waals surface area contributed by atoms with Crippen molar-refractivity contribution < 1.29 is 9.53 Å². The van der Waals surface area contributed by atoms with Crippen molar-refractivity contribution in [2.45, 2.75) is 46.0 Å². The predicted molar refractivity (Wildman–Crippen MR) is 73.0 cm³/mol. The molecule has 2 heteroatoms. The first kappa shape index (κ1) is 13.1. The maximum atomic E-state index is 11.5. The number of aryl methyl sites for hydroxylation is 2. The Morgan fingerprint density at radius 3 is 2.67 bits per heavy atom. The highest BCUT2D eigenvalue weighted by molar-refractivity contribution is 5.80. The van der Waals surface area contributed by atoms with Gasteiger partial charge in [-0.2, -0.15) is 0 Å². The van der Waals surface area contributed by atoms with Crippen LogP contribution >= 0.6 is 0 Å². The summed E-state index contributed by atoms with van der Waals surface area (Å²) >= 11 is 0. The van der Waals surface area contributed by atoms with Gasteiger partial charge in [0.2, 0.25) is 0 Å². The third-order valence-electron chi connectivity index (χ3n) is 3.58. The number of ketones is 1. The number of carbonyl (C=O) groups excluding carboxylic acids is 1. The Bertz CT molecular complexity index is 421. The van der Waals surface area contributed by atoms with Crippen LogP contribution in [0.5, 0.6) is 5.75 Å². The van der Waals surface area contributed by atoms with Gasteiger partial charge in [0.25, 0.3) is 0 Å². The molecule has 0 bridgehead atoms. The second-order valence-electron chi connectivity index (χ2n) is 5.36. The largest absolute Gasteiger partial charge is 0.493 e. The van der Waals surface area contributed by atoms with Crippen molar-refractivity contribution in [2.24, 2.45) is 5.92 Å². The zero-order chi connectivity index (χ0) is 13.0. The van der Waals surface area contributed by atoms with Crippen LogP contribution in [-0.4, -0.2) is 12.4 Å². The Kier molecular flexibility index (Phi) is 4.40. The average Bonchev–Trinajstić information content (AvgIpc) is 2.38. The van der Waals surface area contributed by atoms with Gasteiger partial charge in [-0.25, -0.2) is 0 Å². The van der Waals surface area contributed by atoms with E-state index in [9.17, 15) is 4.79 Å². The molecule has 0 heterocycles. The van der Waals surface area contributed by atoms with Crippen molar-refractivity contribution in [3.63, 3.8) is 0 Å². The van der Waals surface area contributed by atoms with E-state index in [0.29, 0.717) is 13.0 Å². The lowest BCUT2D eigenvalue weighted by Crippen LogP contribution is -2.12. The van der Waals surface area contributed by atoms with Crippen LogP contribution in [0.2, 0.25) is 0 Å². The number of rotatable bonds is 5. The van der Waals surface area contributed by atoms with Gasteiger partial charge in [0.15, 0.2) is 0 Å². The number of carbonyl (C=O) groups is 1. The molecule has 0 aromatic heterocycles. The molecule has 0 N–H and O–H groups in total. The van der Waals surface area contributed by atoms with Gasteiger partial charge in [-0.15, -0.1) is 0 Å². The number of fused-ring (bicyclic) bond motifs is 1. The highest BCUT2D eigenvalue weighted by atomic mass is 16.5. The van der Waals surface area contributed by atoms with E-state index >= 15 is 0 Å². The summed E-state index contributed by atoms with van der Waals surface area (Å²) in [6, 6.07) is 6.35. The van der Waals surface area contributed by atoms with Gasteiger partial charge in [-0.3, -0.25) is 4.79 Å². The van der Waals surface area contributed by atoms with E-state index in [0.717, 1.165) is 12.2 Å². The molecule has 0 unspecified atom stereocenters. The third kappa shape index (κ3) is 3.34. The molecule has 1 aliphatic carbocycles. The molecule has 0 saturated heterocycles. The molecule has 0 saturated carbocycles. The van der Waals surface area contributed by atoms with E-state index < -0.39 is 0 Å². The molecule has 0 spiro atoms. The van der Waals surface area contributed by atoms with Gasteiger partial charge >= 0.3 is 0 Å². The van der Waals surface area contributed by atoms with Crippen LogP contribution in [-0.2, 0) is 17.6 Å². The molecule has 0 fully saturated rings. The summed E-state index contributed by atoms with van der Waals surface area (Å²) in [7, 11) is 0. The van der Waals surface area contributed by atoms with E-state index in [1.165, 1.54) is 30.4 Å². The van der Waals surface area contributed by atoms with Crippen LogP contribution in [0.3, 0.4) is 0 Å². The van der Waals surface area contributed by atoms with E-state index in [4.69, 9.17) is 4.74 Å². The lowest BCUT2D eigenvalue weighted by Gasteiger charge is -2.16. The Morgan fingerprint density at radius 1 is 1.22 bits per heavy atom. The monoisotopic (exact) mass is 246 g/mol. The molecule has 2 rings (SSSR count). The van der Waals surface area contributed by atoms with Crippen molar-refractivity contribution in [2.75, 3.05) is 6.61 Å². The fourth-order valence-corrected chi connectivity index (χ4v) is 2.36. The summed E-state index contributed by atoms with van der Waals surface area (Å²) in [5.74, 6) is 1.29. The third-order valence-corrected chi connectivity index (χ3v) is 3.58. The quantitative estimate of drug-likeness (QED) is 0.794. The minimum absolute atomic E-state index is 0.108. The number of Topliss-reactive ketones (excluding diaryl/α,β-unsaturated/α-hetero) is 1. The van der Waals surface area contributed by atoms with Crippen molar-refractivity contribution in [1.82, 2.24) is 0 Å². The lowest BCUT2D eigenvalue weighted by atomic mass is 9.92. The smallest absolute Gasteiger partial charge is 0.138 e. The molecule has 18 heavy (non-hydrogen) atoms. The predicted octanol–water partition coefficient (Wildman–Crippen LogP) is 3.56. The fourth-order valence-electron chi connectivity index (χ4n) is 2.36. The summed E-state index contributed by atoms with van der Waals surface area (Å²) < 4.78 is 5.67. The average molecular weight is 246 g/mol. The molecule has 1 aromatic rings. The van der Waals surface area contributed by atoms with Crippen LogP contribution in [0.15, 0.2) is 18.2 Å². The Labute approximate surface area is 109 Å². The topological polar surface area (TPSA) is 26.3 Å². The van der Waals surface area contributed by atoms with Gasteiger partial charge in [0.05, 0.1) is 6.61 Å². The highest BCUT2D eigenvalue weighted by Gasteiger charge is 2.10. The van der Waals surface area contributed by atoms with Crippen LogP contribution < -0.4 is 4.74 Å². The first-order chi connectivity index (χ1) is 8.66. The van der Waals surface area contributed by atoms with Gasteiger partial charge in [0, 0.05) is 12.3 Å². The van der Waals surface area contributed by atoms with Gasteiger partial charge in [0.1, 0.15) is 11.5 Å². The summed E-state index contributed by atoms with van der Waals surface area (Å²) in [5.41, 5.74) is 2.89. The standard InChI is InChI=1S/C16H22O2/c1-12(2)16(17)9-10-18-15-8-7-13-5-3-4-6-14(13)11-15/h7-8,11-12H,3-6,9-10H2,1-2H3. The lowest BCUT2D eigenvalue weighted by molar-refractivity contribution is -0.122. The van der Waals surface area contributed by atoms with Gasteiger partial charge < -0.3 is 4.74 Å². The Hall–Kier alpha value is -1.31. The minimum Gasteiger partial charge on any atom is -0.493 e. The second kappa shape index (κ2) is 6.03. The molecule has 0 radical (unpaired) electrons.